The number of rotatable bonds is 2. The van der Waals surface area contributed by atoms with Gasteiger partial charge in [-0.25, -0.2) is 0 Å². The van der Waals surface area contributed by atoms with Gasteiger partial charge in [0.1, 0.15) is 0 Å². The van der Waals surface area contributed by atoms with E-state index < -0.39 is 0 Å². The Kier molecular flexibility index (Phi) is 3.40. The number of aryl methyl sites for hydroxylation is 1. The van der Waals surface area contributed by atoms with Gasteiger partial charge in [0.2, 0.25) is 5.91 Å². The molecule has 4 heteroatoms. The lowest BCUT2D eigenvalue weighted by molar-refractivity contribution is -0.120. The molecule has 1 aromatic heterocycles. The first kappa shape index (κ1) is 13.1. The second-order valence-corrected chi connectivity index (χ2v) is 5.53. The van der Waals surface area contributed by atoms with E-state index in [2.05, 4.69) is 22.5 Å². The third kappa shape index (κ3) is 2.27. The fourth-order valence-corrected chi connectivity index (χ4v) is 2.85. The van der Waals surface area contributed by atoms with Gasteiger partial charge in [-0.2, -0.15) is 0 Å². The van der Waals surface area contributed by atoms with Crippen molar-refractivity contribution in [2.24, 2.45) is 11.8 Å². The highest BCUT2D eigenvalue weighted by Gasteiger charge is 2.29. The summed E-state index contributed by atoms with van der Waals surface area (Å²) in [6, 6.07) is 7.90. The Morgan fingerprint density at radius 3 is 2.90 bits per heavy atom. The molecule has 1 fully saturated rings. The first-order valence-corrected chi connectivity index (χ1v) is 7.02. The van der Waals surface area contributed by atoms with Crippen LogP contribution >= 0.6 is 0 Å². The predicted octanol–water partition coefficient (Wildman–Crippen LogP) is 2.34. The van der Waals surface area contributed by atoms with Crippen LogP contribution in [0.5, 0.6) is 0 Å². The number of aromatic nitrogens is 1. The van der Waals surface area contributed by atoms with E-state index in [0.717, 1.165) is 35.2 Å². The van der Waals surface area contributed by atoms with E-state index in [4.69, 9.17) is 0 Å². The smallest absolute Gasteiger partial charge is 0.229 e. The number of nitrogens with one attached hydrogen (secondary N) is 2. The van der Waals surface area contributed by atoms with Crippen LogP contribution in [0.25, 0.3) is 10.8 Å². The van der Waals surface area contributed by atoms with Gasteiger partial charge in [0.15, 0.2) is 0 Å². The molecule has 0 spiro atoms. The molecule has 1 amide bonds. The van der Waals surface area contributed by atoms with Crippen molar-refractivity contribution in [3.05, 3.63) is 36.2 Å². The Bertz CT molecular complexity index is 653. The number of benzene rings is 1. The van der Waals surface area contributed by atoms with Crippen LogP contribution in [0.1, 0.15) is 12.6 Å². The van der Waals surface area contributed by atoms with Gasteiger partial charge in [0, 0.05) is 34.9 Å². The summed E-state index contributed by atoms with van der Waals surface area (Å²) < 4.78 is 0. The molecule has 0 aliphatic carbocycles. The molecule has 2 aromatic rings. The van der Waals surface area contributed by atoms with E-state index in [-0.39, 0.29) is 11.8 Å². The standard InChI is InChI=1S/C16H19N3O/c1-10-8-17-9-14(10)16(20)19-15-5-3-4-12-11(2)18-7-6-13(12)15/h3-7,10,14,17H,8-9H2,1-2H3,(H,19,20)/t10-,14-/m0/s1. The third-order valence-electron chi connectivity index (χ3n) is 4.12. The second kappa shape index (κ2) is 5.21. The van der Waals surface area contributed by atoms with Crippen LogP contribution in [0.3, 0.4) is 0 Å². The van der Waals surface area contributed by atoms with Gasteiger partial charge in [-0.1, -0.05) is 19.1 Å². The Hall–Kier alpha value is -1.94. The van der Waals surface area contributed by atoms with Crippen LogP contribution in [0, 0.1) is 18.8 Å². The maximum Gasteiger partial charge on any atom is 0.229 e. The molecule has 2 N–H and O–H groups in total. The maximum absolute atomic E-state index is 12.4. The van der Waals surface area contributed by atoms with Gasteiger partial charge < -0.3 is 10.6 Å². The average Bonchev–Trinajstić information content (AvgIpc) is 2.86. The van der Waals surface area contributed by atoms with Crippen molar-refractivity contribution < 1.29 is 4.79 Å². The van der Waals surface area contributed by atoms with Gasteiger partial charge in [-0.15, -0.1) is 0 Å². The Morgan fingerprint density at radius 1 is 1.30 bits per heavy atom. The molecule has 104 valence electrons. The zero-order chi connectivity index (χ0) is 14.1. The maximum atomic E-state index is 12.4. The minimum Gasteiger partial charge on any atom is -0.325 e. The molecule has 3 rings (SSSR count). The van der Waals surface area contributed by atoms with E-state index in [9.17, 15) is 4.79 Å². The number of nitrogens with zero attached hydrogens (tertiary/aromatic N) is 1. The number of carbonyl (C=O) groups excluding carboxylic acids is 1. The van der Waals surface area contributed by atoms with Gasteiger partial charge in [0.05, 0.1) is 5.92 Å². The summed E-state index contributed by atoms with van der Waals surface area (Å²) in [5.74, 6) is 0.533. The lowest BCUT2D eigenvalue weighted by atomic mass is 9.97. The topological polar surface area (TPSA) is 54.0 Å². The van der Waals surface area contributed by atoms with E-state index in [1.807, 2.05) is 31.2 Å². The summed E-state index contributed by atoms with van der Waals surface area (Å²) in [6.45, 7) is 5.77. The highest BCUT2D eigenvalue weighted by molar-refractivity contribution is 6.03. The molecule has 0 radical (unpaired) electrons. The molecule has 1 saturated heterocycles. The van der Waals surface area contributed by atoms with E-state index in [1.165, 1.54) is 0 Å². The Morgan fingerprint density at radius 2 is 2.15 bits per heavy atom. The second-order valence-electron chi connectivity index (χ2n) is 5.53. The number of hydrogen-bond donors (Lipinski definition) is 2. The molecule has 4 nitrogen and oxygen atoms in total. The van der Waals surface area contributed by atoms with E-state index >= 15 is 0 Å². The largest absolute Gasteiger partial charge is 0.325 e. The predicted molar refractivity (Wildman–Crippen MR) is 80.6 cm³/mol. The fraction of sp³-hybridized carbons (Fsp3) is 0.375. The third-order valence-corrected chi connectivity index (χ3v) is 4.12. The van der Waals surface area contributed by atoms with Crippen molar-refractivity contribution in [2.45, 2.75) is 13.8 Å². The molecule has 1 aliphatic rings. The molecule has 20 heavy (non-hydrogen) atoms. The van der Waals surface area contributed by atoms with E-state index in [0.29, 0.717) is 5.92 Å². The number of amides is 1. The van der Waals surface area contributed by atoms with Crippen molar-refractivity contribution in [3.8, 4) is 0 Å². The number of pyridine rings is 1. The number of carbonyl (C=O) groups is 1. The molecular formula is C16H19N3O. The summed E-state index contributed by atoms with van der Waals surface area (Å²) in [5.41, 5.74) is 1.85. The quantitative estimate of drug-likeness (QED) is 0.880. The van der Waals surface area contributed by atoms with Crippen molar-refractivity contribution in [3.63, 3.8) is 0 Å². The molecular weight excluding hydrogens is 250 g/mol. The summed E-state index contributed by atoms with van der Waals surface area (Å²) in [5, 5.41) is 8.48. The van der Waals surface area contributed by atoms with E-state index in [1.54, 1.807) is 6.20 Å². The first-order chi connectivity index (χ1) is 9.66. The van der Waals surface area contributed by atoms with Gasteiger partial charge in [-0.3, -0.25) is 9.78 Å². The van der Waals surface area contributed by atoms with Crippen molar-refractivity contribution in [1.29, 1.82) is 0 Å². The minimum atomic E-state index is 0.0493. The molecule has 1 aromatic carbocycles. The molecule has 2 heterocycles. The van der Waals surface area contributed by atoms with Crippen LogP contribution in [0.15, 0.2) is 30.5 Å². The highest BCUT2D eigenvalue weighted by atomic mass is 16.1. The van der Waals surface area contributed by atoms with Crippen LogP contribution < -0.4 is 10.6 Å². The summed E-state index contributed by atoms with van der Waals surface area (Å²) in [7, 11) is 0. The van der Waals surface area contributed by atoms with Crippen LogP contribution in [0.4, 0.5) is 5.69 Å². The number of fused-ring (bicyclic) bond motifs is 1. The lowest BCUT2D eigenvalue weighted by Gasteiger charge is -2.15. The normalized spacial score (nSPS) is 22.1. The highest BCUT2D eigenvalue weighted by Crippen LogP contribution is 2.26. The minimum absolute atomic E-state index is 0.0493. The Labute approximate surface area is 118 Å². The molecule has 0 bridgehead atoms. The van der Waals surface area contributed by atoms with Crippen molar-refractivity contribution >= 4 is 22.4 Å². The lowest BCUT2D eigenvalue weighted by Crippen LogP contribution is -2.27. The Balaban J connectivity index is 1.91. The zero-order valence-corrected chi connectivity index (χ0v) is 11.8. The summed E-state index contributed by atoms with van der Waals surface area (Å²) >= 11 is 0. The molecule has 0 unspecified atom stereocenters. The average molecular weight is 269 g/mol. The van der Waals surface area contributed by atoms with Crippen molar-refractivity contribution in [1.82, 2.24) is 10.3 Å². The molecule has 1 aliphatic heterocycles. The summed E-state index contributed by atoms with van der Waals surface area (Å²) in [4.78, 5) is 16.7. The first-order valence-electron chi connectivity index (χ1n) is 7.02. The van der Waals surface area contributed by atoms with Crippen LogP contribution in [-0.2, 0) is 4.79 Å². The summed E-state index contributed by atoms with van der Waals surface area (Å²) in [6.07, 6.45) is 1.78. The molecule has 2 atom stereocenters. The van der Waals surface area contributed by atoms with Gasteiger partial charge in [-0.05, 0) is 31.5 Å². The zero-order valence-electron chi connectivity index (χ0n) is 11.8. The van der Waals surface area contributed by atoms with Gasteiger partial charge >= 0.3 is 0 Å². The monoisotopic (exact) mass is 269 g/mol. The van der Waals surface area contributed by atoms with Crippen LogP contribution in [-0.4, -0.2) is 24.0 Å². The van der Waals surface area contributed by atoms with Gasteiger partial charge in [0.25, 0.3) is 0 Å². The SMILES string of the molecule is Cc1nccc2c(NC(=O)[C@H]3CNC[C@@H]3C)cccc12. The number of anilines is 1. The number of hydrogen-bond acceptors (Lipinski definition) is 3. The fourth-order valence-electron chi connectivity index (χ4n) is 2.85. The molecule has 0 saturated carbocycles. The van der Waals surface area contributed by atoms with Crippen molar-refractivity contribution in [2.75, 3.05) is 18.4 Å². The van der Waals surface area contributed by atoms with Crippen LogP contribution in [0.2, 0.25) is 0 Å².